The van der Waals surface area contributed by atoms with Gasteiger partial charge < -0.3 is 19.0 Å². The summed E-state index contributed by atoms with van der Waals surface area (Å²) in [7, 11) is 1.58. The van der Waals surface area contributed by atoms with E-state index in [0.29, 0.717) is 22.5 Å². The van der Waals surface area contributed by atoms with Gasteiger partial charge in [-0.15, -0.1) is 0 Å². The second-order valence-electron chi connectivity index (χ2n) is 3.98. The minimum atomic E-state index is -0.266. The van der Waals surface area contributed by atoms with E-state index in [1.165, 1.54) is 0 Å². The quantitative estimate of drug-likeness (QED) is 0.884. The first kappa shape index (κ1) is 13.8. The van der Waals surface area contributed by atoms with Crippen LogP contribution in [0.15, 0.2) is 40.8 Å². The largest absolute Gasteiger partial charge is 0.493 e. The number of hydrogen-bond acceptors (Lipinski definition) is 4. The normalized spacial score (nSPS) is 12.2. The van der Waals surface area contributed by atoms with Crippen LogP contribution in [-0.2, 0) is 0 Å². The number of methoxy groups -OCH3 is 1. The SMILES string of the molecule is COc1ccccc1OCC(CO)c1ccc(Cl)o1. The minimum Gasteiger partial charge on any atom is -0.493 e. The van der Waals surface area contributed by atoms with E-state index in [4.69, 9.17) is 25.5 Å². The van der Waals surface area contributed by atoms with E-state index in [9.17, 15) is 5.11 Å². The summed E-state index contributed by atoms with van der Waals surface area (Å²) < 4.78 is 16.1. The molecule has 5 heteroatoms. The van der Waals surface area contributed by atoms with Crippen LogP contribution in [0.4, 0.5) is 0 Å². The lowest BCUT2D eigenvalue weighted by Crippen LogP contribution is -2.13. The smallest absolute Gasteiger partial charge is 0.193 e. The summed E-state index contributed by atoms with van der Waals surface area (Å²) in [5.41, 5.74) is 0. The van der Waals surface area contributed by atoms with Crippen molar-refractivity contribution in [3.05, 3.63) is 47.4 Å². The molecule has 1 atom stereocenters. The molecule has 19 heavy (non-hydrogen) atoms. The van der Waals surface area contributed by atoms with Crippen molar-refractivity contribution >= 4 is 11.6 Å². The summed E-state index contributed by atoms with van der Waals surface area (Å²) in [6.07, 6.45) is 0. The van der Waals surface area contributed by atoms with Gasteiger partial charge in [-0.25, -0.2) is 0 Å². The zero-order valence-corrected chi connectivity index (χ0v) is 11.3. The van der Waals surface area contributed by atoms with E-state index >= 15 is 0 Å². The summed E-state index contributed by atoms with van der Waals surface area (Å²) in [5.74, 6) is 1.61. The molecular weight excluding hydrogens is 268 g/mol. The maximum absolute atomic E-state index is 9.38. The van der Waals surface area contributed by atoms with Gasteiger partial charge in [0.25, 0.3) is 0 Å². The summed E-state index contributed by atoms with van der Waals surface area (Å²) in [5, 5.41) is 9.68. The number of para-hydroxylation sites is 2. The maximum atomic E-state index is 9.38. The van der Waals surface area contributed by atoms with Gasteiger partial charge in [0.05, 0.1) is 19.6 Å². The minimum absolute atomic E-state index is 0.0843. The average Bonchev–Trinajstić information content (AvgIpc) is 2.86. The fourth-order valence-corrected chi connectivity index (χ4v) is 1.85. The molecule has 0 fully saturated rings. The van der Waals surface area contributed by atoms with Gasteiger partial charge >= 0.3 is 0 Å². The Morgan fingerprint density at radius 2 is 1.95 bits per heavy atom. The van der Waals surface area contributed by atoms with Gasteiger partial charge in [0.1, 0.15) is 12.4 Å². The third kappa shape index (κ3) is 3.43. The fraction of sp³-hybridized carbons (Fsp3) is 0.286. The topological polar surface area (TPSA) is 51.8 Å². The molecular formula is C14H15ClO4. The molecule has 0 bridgehead atoms. The van der Waals surface area contributed by atoms with Gasteiger partial charge in [-0.2, -0.15) is 0 Å². The molecule has 1 aromatic carbocycles. The van der Waals surface area contributed by atoms with Crippen LogP contribution in [0.3, 0.4) is 0 Å². The summed E-state index contributed by atoms with van der Waals surface area (Å²) in [4.78, 5) is 0. The molecule has 0 spiro atoms. The summed E-state index contributed by atoms with van der Waals surface area (Å²) in [6, 6.07) is 10.7. The van der Waals surface area contributed by atoms with Crippen molar-refractivity contribution in [3.8, 4) is 11.5 Å². The van der Waals surface area contributed by atoms with E-state index in [2.05, 4.69) is 0 Å². The fourth-order valence-electron chi connectivity index (χ4n) is 1.70. The Balaban J connectivity index is 2.04. The molecule has 1 unspecified atom stereocenters. The predicted molar refractivity (Wildman–Crippen MR) is 72.0 cm³/mol. The first-order valence-electron chi connectivity index (χ1n) is 5.86. The molecule has 1 heterocycles. The maximum Gasteiger partial charge on any atom is 0.193 e. The van der Waals surface area contributed by atoms with Crippen molar-refractivity contribution in [2.75, 3.05) is 20.3 Å². The van der Waals surface area contributed by atoms with Gasteiger partial charge in [-0.1, -0.05) is 12.1 Å². The highest BCUT2D eigenvalue weighted by molar-refractivity contribution is 6.28. The van der Waals surface area contributed by atoms with Gasteiger partial charge in [-0.3, -0.25) is 0 Å². The highest BCUT2D eigenvalue weighted by Gasteiger charge is 2.16. The number of hydrogen-bond donors (Lipinski definition) is 1. The second kappa shape index (κ2) is 6.50. The zero-order valence-electron chi connectivity index (χ0n) is 10.5. The Labute approximate surface area is 116 Å². The van der Waals surface area contributed by atoms with Crippen LogP contribution in [0.2, 0.25) is 5.22 Å². The van der Waals surface area contributed by atoms with E-state index in [1.807, 2.05) is 24.3 Å². The summed E-state index contributed by atoms with van der Waals surface area (Å²) >= 11 is 5.72. The second-order valence-corrected chi connectivity index (χ2v) is 4.36. The molecule has 1 aromatic heterocycles. The number of halogens is 1. The first-order chi connectivity index (χ1) is 9.24. The predicted octanol–water partition coefficient (Wildman–Crippen LogP) is 3.10. The first-order valence-corrected chi connectivity index (χ1v) is 6.24. The van der Waals surface area contributed by atoms with Gasteiger partial charge in [-0.05, 0) is 35.9 Å². The number of furan rings is 1. The van der Waals surface area contributed by atoms with Gasteiger partial charge in [0.15, 0.2) is 16.7 Å². The number of benzene rings is 1. The van der Waals surface area contributed by atoms with E-state index in [0.717, 1.165) is 0 Å². The molecule has 0 radical (unpaired) electrons. The molecule has 0 aliphatic heterocycles. The van der Waals surface area contributed by atoms with Crippen molar-refractivity contribution in [1.29, 1.82) is 0 Å². The monoisotopic (exact) mass is 282 g/mol. The Morgan fingerprint density at radius 1 is 1.21 bits per heavy atom. The molecule has 0 aliphatic carbocycles. The lowest BCUT2D eigenvalue weighted by molar-refractivity contribution is 0.187. The average molecular weight is 283 g/mol. The van der Waals surface area contributed by atoms with Crippen molar-refractivity contribution in [3.63, 3.8) is 0 Å². The van der Waals surface area contributed by atoms with Crippen LogP contribution in [0.1, 0.15) is 11.7 Å². The van der Waals surface area contributed by atoms with E-state index < -0.39 is 0 Å². The Morgan fingerprint density at radius 3 is 2.53 bits per heavy atom. The van der Waals surface area contributed by atoms with Crippen molar-refractivity contribution in [1.82, 2.24) is 0 Å². The lowest BCUT2D eigenvalue weighted by Gasteiger charge is -2.15. The van der Waals surface area contributed by atoms with Crippen LogP contribution in [0, 0.1) is 0 Å². The number of ether oxygens (including phenoxy) is 2. The number of aliphatic hydroxyl groups excluding tert-OH is 1. The third-order valence-electron chi connectivity index (χ3n) is 2.73. The van der Waals surface area contributed by atoms with Gasteiger partial charge in [0.2, 0.25) is 0 Å². The Bertz CT molecular complexity index is 524. The Kier molecular flexibility index (Phi) is 4.71. The van der Waals surface area contributed by atoms with Crippen LogP contribution < -0.4 is 9.47 Å². The molecule has 0 saturated carbocycles. The number of rotatable bonds is 6. The Hall–Kier alpha value is -1.65. The molecule has 0 amide bonds. The molecule has 1 N–H and O–H groups in total. The van der Waals surface area contributed by atoms with E-state index in [1.54, 1.807) is 19.2 Å². The van der Waals surface area contributed by atoms with E-state index in [-0.39, 0.29) is 19.1 Å². The zero-order chi connectivity index (χ0) is 13.7. The van der Waals surface area contributed by atoms with Crippen molar-refractivity contribution < 1.29 is 19.0 Å². The van der Waals surface area contributed by atoms with Crippen molar-refractivity contribution in [2.24, 2.45) is 0 Å². The molecule has 2 rings (SSSR count). The van der Waals surface area contributed by atoms with Crippen LogP contribution in [0.25, 0.3) is 0 Å². The van der Waals surface area contributed by atoms with Crippen LogP contribution >= 0.6 is 11.6 Å². The third-order valence-corrected chi connectivity index (χ3v) is 2.93. The molecule has 2 aromatic rings. The standard InChI is InChI=1S/C14H15ClO4/c1-17-12-4-2-3-5-13(12)18-9-10(8-16)11-6-7-14(15)19-11/h2-7,10,16H,8-9H2,1H3. The molecule has 102 valence electrons. The molecule has 0 saturated heterocycles. The van der Waals surface area contributed by atoms with Crippen LogP contribution in [0.5, 0.6) is 11.5 Å². The molecule has 4 nitrogen and oxygen atoms in total. The highest BCUT2D eigenvalue weighted by Crippen LogP contribution is 2.28. The molecule has 0 aliphatic rings. The highest BCUT2D eigenvalue weighted by atomic mass is 35.5. The number of aliphatic hydroxyl groups is 1. The van der Waals surface area contributed by atoms with Gasteiger partial charge in [0, 0.05) is 0 Å². The van der Waals surface area contributed by atoms with Crippen LogP contribution in [-0.4, -0.2) is 25.4 Å². The summed E-state index contributed by atoms with van der Waals surface area (Å²) in [6.45, 7) is 0.194. The lowest BCUT2D eigenvalue weighted by atomic mass is 10.1. The van der Waals surface area contributed by atoms with Crippen molar-refractivity contribution in [2.45, 2.75) is 5.92 Å².